The van der Waals surface area contributed by atoms with Gasteiger partial charge >= 0.3 is 6.03 Å². The summed E-state index contributed by atoms with van der Waals surface area (Å²) in [7, 11) is 0. The number of halogens is 3. The Balaban J connectivity index is 2.04. The van der Waals surface area contributed by atoms with E-state index in [0.717, 1.165) is 0 Å². The minimum absolute atomic E-state index is 0.0441. The summed E-state index contributed by atoms with van der Waals surface area (Å²) in [5, 5.41) is 5.81. The summed E-state index contributed by atoms with van der Waals surface area (Å²) in [5.41, 5.74) is 6.22. The largest absolute Gasteiger partial charge is 0.396 e. The number of benzene rings is 2. The highest BCUT2D eigenvalue weighted by molar-refractivity contribution is 6.42. The molecule has 2 aromatic carbocycles. The fourth-order valence-corrected chi connectivity index (χ4v) is 1.79. The van der Waals surface area contributed by atoms with Crippen LogP contribution in [0, 0.1) is 5.82 Å². The first kappa shape index (κ1) is 14.4. The fourth-order valence-electron chi connectivity index (χ4n) is 1.49. The molecule has 4 N–H and O–H groups in total. The van der Waals surface area contributed by atoms with Gasteiger partial charge < -0.3 is 16.4 Å². The molecule has 2 rings (SSSR count). The average molecular weight is 314 g/mol. The fraction of sp³-hybridized carbons (Fsp3) is 0. The van der Waals surface area contributed by atoms with E-state index in [-0.39, 0.29) is 5.69 Å². The van der Waals surface area contributed by atoms with Crippen LogP contribution in [-0.2, 0) is 0 Å². The van der Waals surface area contributed by atoms with Gasteiger partial charge in [0, 0.05) is 11.4 Å². The van der Waals surface area contributed by atoms with Gasteiger partial charge in [-0.2, -0.15) is 0 Å². The third-order valence-corrected chi connectivity index (χ3v) is 3.17. The van der Waals surface area contributed by atoms with Gasteiger partial charge in [0.05, 0.1) is 15.7 Å². The van der Waals surface area contributed by atoms with Gasteiger partial charge in [-0.15, -0.1) is 0 Å². The van der Waals surface area contributed by atoms with Crippen molar-refractivity contribution in [1.29, 1.82) is 0 Å². The number of hydrogen-bond donors (Lipinski definition) is 3. The van der Waals surface area contributed by atoms with Crippen molar-refractivity contribution in [3.8, 4) is 0 Å². The van der Waals surface area contributed by atoms with Crippen molar-refractivity contribution in [2.75, 3.05) is 16.4 Å². The molecule has 0 saturated carbocycles. The molecule has 0 aliphatic carbocycles. The molecule has 104 valence electrons. The summed E-state index contributed by atoms with van der Waals surface area (Å²) < 4.78 is 13.0. The second-order valence-corrected chi connectivity index (χ2v) is 4.76. The van der Waals surface area contributed by atoms with Crippen molar-refractivity contribution in [2.24, 2.45) is 0 Å². The highest BCUT2D eigenvalue weighted by atomic mass is 35.5. The summed E-state index contributed by atoms with van der Waals surface area (Å²) in [6.07, 6.45) is 0. The van der Waals surface area contributed by atoms with Crippen molar-refractivity contribution in [3.05, 3.63) is 52.3 Å². The highest BCUT2D eigenvalue weighted by Crippen LogP contribution is 2.25. The van der Waals surface area contributed by atoms with Crippen LogP contribution in [0.3, 0.4) is 0 Å². The maximum atomic E-state index is 13.0. The van der Waals surface area contributed by atoms with E-state index in [4.69, 9.17) is 28.9 Å². The Morgan fingerprint density at radius 3 is 2.20 bits per heavy atom. The topological polar surface area (TPSA) is 67.1 Å². The smallest absolute Gasteiger partial charge is 0.323 e. The summed E-state index contributed by atoms with van der Waals surface area (Å²) >= 11 is 11.6. The number of urea groups is 1. The molecule has 2 aromatic rings. The summed E-state index contributed by atoms with van der Waals surface area (Å²) in [5.74, 6) is -0.541. The van der Waals surface area contributed by atoms with Crippen molar-refractivity contribution in [1.82, 2.24) is 0 Å². The zero-order chi connectivity index (χ0) is 14.7. The van der Waals surface area contributed by atoms with Gasteiger partial charge in [0.2, 0.25) is 0 Å². The maximum absolute atomic E-state index is 13.0. The third kappa shape index (κ3) is 3.53. The SMILES string of the molecule is Nc1cc(NC(=O)Nc2ccc(Cl)c(Cl)c2)ccc1F. The number of nitrogen functional groups attached to an aromatic ring is 1. The molecule has 0 radical (unpaired) electrons. The number of carbonyl (C=O) groups excluding carboxylic acids is 1. The van der Waals surface area contributed by atoms with E-state index in [1.807, 2.05) is 0 Å². The van der Waals surface area contributed by atoms with Gasteiger partial charge in [0.1, 0.15) is 5.82 Å². The molecule has 0 heterocycles. The Morgan fingerprint density at radius 1 is 1.00 bits per heavy atom. The Hall–Kier alpha value is -1.98. The lowest BCUT2D eigenvalue weighted by molar-refractivity contribution is 0.262. The van der Waals surface area contributed by atoms with E-state index in [1.54, 1.807) is 12.1 Å². The van der Waals surface area contributed by atoms with Gasteiger partial charge in [0.25, 0.3) is 0 Å². The molecule has 0 aliphatic rings. The second-order valence-electron chi connectivity index (χ2n) is 3.94. The molecule has 0 aliphatic heterocycles. The van der Waals surface area contributed by atoms with Gasteiger partial charge in [-0.05, 0) is 36.4 Å². The van der Waals surface area contributed by atoms with Crippen LogP contribution in [0.1, 0.15) is 0 Å². The van der Waals surface area contributed by atoms with E-state index in [0.29, 0.717) is 21.4 Å². The van der Waals surface area contributed by atoms with Gasteiger partial charge in [0.15, 0.2) is 0 Å². The molecule has 0 aromatic heterocycles. The van der Waals surface area contributed by atoms with Crippen molar-refractivity contribution >= 4 is 46.3 Å². The molecule has 4 nitrogen and oxygen atoms in total. The van der Waals surface area contributed by atoms with Crippen molar-refractivity contribution in [3.63, 3.8) is 0 Å². The van der Waals surface area contributed by atoms with Crippen LogP contribution in [0.2, 0.25) is 10.0 Å². The number of hydrogen-bond acceptors (Lipinski definition) is 2. The monoisotopic (exact) mass is 313 g/mol. The van der Waals surface area contributed by atoms with E-state index in [9.17, 15) is 9.18 Å². The quantitative estimate of drug-likeness (QED) is 0.721. The number of carbonyl (C=O) groups is 1. The Kier molecular flexibility index (Phi) is 4.32. The zero-order valence-electron chi connectivity index (χ0n) is 10.1. The Bertz CT molecular complexity index is 609. The highest BCUT2D eigenvalue weighted by Gasteiger charge is 2.06. The van der Waals surface area contributed by atoms with Gasteiger partial charge in [-0.25, -0.2) is 9.18 Å². The Morgan fingerprint density at radius 2 is 1.60 bits per heavy atom. The van der Waals surface area contributed by atoms with Crippen LogP contribution < -0.4 is 16.4 Å². The molecule has 2 amide bonds. The first-order chi connectivity index (χ1) is 9.45. The molecule has 0 saturated heterocycles. The Labute approximate surface area is 124 Å². The minimum Gasteiger partial charge on any atom is -0.396 e. The molecule has 0 fully saturated rings. The standard InChI is InChI=1S/C13H10Cl2FN3O/c14-9-3-1-7(5-10(9)15)18-13(20)19-8-2-4-11(16)12(17)6-8/h1-6H,17H2,(H2,18,19,20). The molecule has 0 spiro atoms. The van der Waals surface area contributed by atoms with Crippen LogP contribution in [0.4, 0.5) is 26.2 Å². The number of rotatable bonds is 2. The summed E-state index contributed by atoms with van der Waals surface area (Å²) in [6.45, 7) is 0. The number of anilines is 3. The summed E-state index contributed by atoms with van der Waals surface area (Å²) in [4.78, 5) is 11.7. The summed E-state index contributed by atoms with van der Waals surface area (Å²) in [6, 6.07) is 8.08. The van der Waals surface area contributed by atoms with Crippen molar-refractivity contribution in [2.45, 2.75) is 0 Å². The first-order valence-corrected chi connectivity index (χ1v) is 6.29. The number of amides is 2. The maximum Gasteiger partial charge on any atom is 0.323 e. The lowest BCUT2D eigenvalue weighted by Gasteiger charge is -2.09. The molecular formula is C13H10Cl2FN3O. The van der Waals surface area contributed by atoms with Crippen LogP contribution in [0.15, 0.2) is 36.4 Å². The average Bonchev–Trinajstić information content (AvgIpc) is 2.38. The number of nitrogens with one attached hydrogen (secondary N) is 2. The van der Waals surface area contributed by atoms with Gasteiger partial charge in [-0.1, -0.05) is 23.2 Å². The van der Waals surface area contributed by atoms with Crippen LogP contribution in [-0.4, -0.2) is 6.03 Å². The first-order valence-electron chi connectivity index (χ1n) is 5.54. The van der Waals surface area contributed by atoms with E-state index < -0.39 is 11.8 Å². The lowest BCUT2D eigenvalue weighted by atomic mass is 10.2. The molecule has 7 heteroatoms. The van der Waals surface area contributed by atoms with Crippen LogP contribution >= 0.6 is 23.2 Å². The lowest BCUT2D eigenvalue weighted by Crippen LogP contribution is -2.19. The molecule has 20 heavy (non-hydrogen) atoms. The predicted octanol–water partition coefficient (Wildman–Crippen LogP) is 4.36. The molecular weight excluding hydrogens is 304 g/mol. The van der Waals surface area contributed by atoms with Gasteiger partial charge in [-0.3, -0.25) is 0 Å². The van der Waals surface area contributed by atoms with E-state index in [2.05, 4.69) is 10.6 Å². The van der Waals surface area contributed by atoms with E-state index in [1.165, 1.54) is 24.3 Å². The molecule has 0 unspecified atom stereocenters. The predicted molar refractivity (Wildman–Crippen MR) is 79.9 cm³/mol. The van der Waals surface area contributed by atoms with E-state index >= 15 is 0 Å². The second kappa shape index (κ2) is 5.98. The zero-order valence-corrected chi connectivity index (χ0v) is 11.6. The normalized spacial score (nSPS) is 10.2. The van der Waals surface area contributed by atoms with Crippen molar-refractivity contribution < 1.29 is 9.18 Å². The minimum atomic E-state index is -0.541. The third-order valence-electron chi connectivity index (χ3n) is 2.43. The van der Waals surface area contributed by atoms with Crippen LogP contribution in [0.25, 0.3) is 0 Å². The van der Waals surface area contributed by atoms with Crippen LogP contribution in [0.5, 0.6) is 0 Å². The number of nitrogens with two attached hydrogens (primary N) is 1. The molecule has 0 atom stereocenters. The molecule has 0 bridgehead atoms.